The summed E-state index contributed by atoms with van der Waals surface area (Å²) in [4.78, 5) is 3.87. The van der Waals surface area contributed by atoms with Crippen molar-refractivity contribution < 1.29 is 0 Å². The Morgan fingerprint density at radius 3 is 2.64 bits per heavy atom. The Morgan fingerprint density at radius 1 is 1.25 bits per heavy atom. The van der Waals surface area contributed by atoms with Crippen molar-refractivity contribution in [1.82, 2.24) is 0 Å². The van der Waals surface area contributed by atoms with Crippen molar-refractivity contribution in [2.24, 2.45) is 5.41 Å². The van der Waals surface area contributed by atoms with Crippen molar-refractivity contribution in [3.8, 4) is 0 Å². The van der Waals surface area contributed by atoms with Crippen LogP contribution in [0.2, 0.25) is 4.34 Å². The maximum absolute atomic E-state index is 6.16. The molecule has 28 heavy (non-hydrogen) atoms. The smallest absolute Gasteiger partial charge is 0.0931 e. The maximum atomic E-state index is 6.16. The van der Waals surface area contributed by atoms with E-state index in [0.29, 0.717) is 0 Å². The number of rotatable bonds is 5. The number of aryl methyl sites for hydroxylation is 1. The zero-order chi connectivity index (χ0) is 20.5. The number of thiophene rings is 1. The molecule has 0 saturated heterocycles. The third-order valence-electron chi connectivity index (χ3n) is 5.35. The number of halogens is 1. The molecule has 0 atom stereocenters. The van der Waals surface area contributed by atoms with E-state index in [1.165, 1.54) is 45.8 Å². The molecule has 0 radical (unpaired) electrons. The van der Waals surface area contributed by atoms with Gasteiger partial charge in [-0.1, -0.05) is 39.0 Å². The Hall–Kier alpha value is -1.45. The molecule has 1 N–H and O–H groups in total. The fourth-order valence-electron chi connectivity index (χ4n) is 4.17. The highest BCUT2D eigenvalue weighted by molar-refractivity contribution is 7.16. The molecule has 0 bridgehead atoms. The molecule has 0 amide bonds. The van der Waals surface area contributed by atoms with Gasteiger partial charge in [0.15, 0.2) is 0 Å². The second-order valence-corrected chi connectivity index (χ2v) is 11.0. The van der Waals surface area contributed by atoms with E-state index >= 15 is 0 Å². The van der Waals surface area contributed by atoms with E-state index in [-0.39, 0.29) is 5.41 Å². The minimum atomic E-state index is 0.233. The Kier molecular flexibility index (Phi) is 6.46. The number of fused-ring (bicyclic) bond motifs is 1. The molecule has 3 rings (SSSR count). The van der Waals surface area contributed by atoms with E-state index in [2.05, 4.69) is 63.5 Å². The highest BCUT2D eigenvalue weighted by atomic mass is 35.5. The Balaban J connectivity index is 1.91. The number of anilines is 2. The lowest BCUT2D eigenvalue weighted by Gasteiger charge is -2.28. The number of allylic oxidation sites excluding steroid dienone is 1. The fourth-order valence-corrected chi connectivity index (χ4v) is 5.27. The van der Waals surface area contributed by atoms with E-state index in [1.54, 1.807) is 11.3 Å². The predicted molar refractivity (Wildman–Crippen MR) is 126 cm³/mol. The first kappa shape index (κ1) is 21.3. The molecule has 0 saturated carbocycles. The summed E-state index contributed by atoms with van der Waals surface area (Å²) >= 11 is 7.85. The van der Waals surface area contributed by atoms with Gasteiger partial charge in [0.1, 0.15) is 0 Å². The molecule has 1 aromatic heterocycles. The molecule has 1 aromatic carbocycles. The summed E-state index contributed by atoms with van der Waals surface area (Å²) in [7, 11) is 0. The highest BCUT2D eigenvalue weighted by Gasteiger charge is 2.22. The molecule has 152 valence electrons. The topological polar surface area (TPSA) is 15.3 Å². The van der Waals surface area contributed by atoms with Crippen LogP contribution in [0.25, 0.3) is 0 Å². The van der Waals surface area contributed by atoms with Crippen molar-refractivity contribution in [2.45, 2.75) is 66.8 Å². The van der Waals surface area contributed by atoms with Gasteiger partial charge in [-0.3, -0.25) is 0 Å². The van der Waals surface area contributed by atoms with Gasteiger partial charge in [-0.05, 0) is 79.8 Å². The van der Waals surface area contributed by atoms with Gasteiger partial charge in [0.05, 0.1) is 10.9 Å². The van der Waals surface area contributed by atoms with E-state index in [4.69, 9.17) is 11.6 Å². The summed E-state index contributed by atoms with van der Waals surface area (Å²) < 4.78 is 0.870. The summed E-state index contributed by atoms with van der Waals surface area (Å²) in [6.45, 7) is 17.6. The standard InChI is InChI=1S/C24H33ClN2S/c1-16-13-21-20(18(3)23(16)26-17(2)14-24(4,5)6)9-7-8-12-27(21)15-19-10-11-22(25)28-19/h10-11,13,26H,2,7-9,12,14-15H2,1,3-6H3. The van der Waals surface area contributed by atoms with Crippen molar-refractivity contribution >= 4 is 34.3 Å². The number of hydrogen-bond acceptors (Lipinski definition) is 3. The average molecular weight is 417 g/mol. The number of hydrogen-bond donors (Lipinski definition) is 1. The summed E-state index contributed by atoms with van der Waals surface area (Å²) in [5, 5.41) is 3.65. The van der Waals surface area contributed by atoms with Crippen molar-refractivity contribution in [2.75, 3.05) is 16.8 Å². The Bertz CT molecular complexity index is 860. The summed E-state index contributed by atoms with van der Waals surface area (Å²) in [6, 6.07) is 6.53. The van der Waals surface area contributed by atoms with Crippen molar-refractivity contribution in [1.29, 1.82) is 0 Å². The van der Waals surface area contributed by atoms with Gasteiger partial charge < -0.3 is 10.2 Å². The lowest BCUT2D eigenvalue weighted by Crippen LogP contribution is -2.23. The summed E-state index contributed by atoms with van der Waals surface area (Å²) in [6.07, 6.45) is 4.57. The van der Waals surface area contributed by atoms with Gasteiger partial charge in [-0.2, -0.15) is 0 Å². The zero-order valence-corrected chi connectivity index (χ0v) is 19.5. The van der Waals surface area contributed by atoms with Crippen LogP contribution in [-0.4, -0.2) is 6.54 Å². The Morgan fingerprint density at radius 2 is 2.00 bits per heavy atom. The van der Waals surface area contributed by atoms with Crippen LogP contribution >= 0.6 is 22.9 Å². The van der Waals surface area contributed by atoms with E-state index in [1.807, 2.05) is 6.07 Å². The molecule has 2 heterocycles. The summed E-state index contributed by atoms with van der Waals surface area (Å²) in [5.74, 6) is 0. The van der Waals surface area contributed by atoms with Crippen LogP contribution in [0.15, 0.2) is 30.5 Å². The average Bonchev–Trinajstić information content (AvgIpc) is 2.88. The molecular formula is C24H33ClN2S. The van der Waals surface area contributed by atoms with Gasteiger partial charge in [-0.25, -0.2) is 0 Å². The highest BCUT2D eigenvalue weighted by Crippen LogP contribution is 2.38. The molecule has 0 unspecified atom stereocenters. The Labute approximate surface area is 179 Å². The van der Waals surface area contributed by atoms with Crippen LogP contribution in [0, 0.1) is 19.3 Å². The molecular weight excluding hydrogens is 384 g/mol. The minimum Gasteiger partial charge on any atom is -0.366 e. The largest absolute Gasteiger partial charge is 0.366 e. The van der Waals surface area contributed by atoms with E-state index in [0.717, 1.165) is 36.0 Å². The second-order valence-electron chi connectivity index (χ2n) is 9.24. The lowest BCUT2D eigenvalue weighted by molar-refractivity contribution is 0.411. The molecule has 1 aliphatic heterocycles. The van der Waals surface area contributed by atoms with Crippen molar-refractivity contribution in [3.63, 3.8) is 0 Å². The number of nitrogens with one attached hydrogen (secondary N) is 1. The molecule has 4 heteroatoms. The second kappa shape index (κ2) is 8.51. The molecule has 0 spiro atoms. The number of nitrogens with zero attached hydrogens (tertiary/aromatic N) is 1. The third-order valence-corrected chi connectivity index (χ3v) is 6.57. The molecule has 2 aromatic rings. The first-order valence-corrected chi connectivity index (χ1v) is 11.4. The van der Waals surface area contributed by atoms with E-state index < -0.39 is 0 Å². The van der Waals surface area contributed by atoms with E-state index in [9.17, 15) is 0 Å². The lowest BCUT2D eigenvalue weighted by atomic mass is 9.90. The monoisotopic (exact) mass is 416 g/mol. The van der Waals surface area contributed by atoms with Crippen LogP contribution < -0.4 is 10.2 Å². The molecule has 2 nitrogen and oxygen atoms in total. The number of benzene rings is 1. The van der Waals surface area contributed by atoms with Gasteiger partial charge >= 0.3 is 0 Å². The van der Waals surface area contributed by atoms with Crippen LogP contribution in [-0.2, 0) is 13.0 Å². The van der Waals surface area contributed by atoms with Gasteiger partial charge in [0, 0.05) is 28.5 Å². The molecule has 0 aliphatic carbocycles. The normalized spacial score (nSPS) is 14.6. The first-order chi connectivity index (χ1) is 13.1. The van der Waals surface area contributed by atoms with Gasteiger partial charge in [0.25, 0.3) is 0 Å². The van der Waals surface area contributed by atoms with Crippen LogP contribution in [0.3, 0.4) is 0 Å². The molecule has 1 aliphatic rings. The molecule has 0 fully saturated rings. The maximum Gasteiger partial charge on any atom is 0.0931 e. The van der Waals surface area contributed by atoms with Crippen LogP contribution in [0.4, 0.5) is 11.4 Å². The SMILES string of the molecule is C=C(CC(C)(C)C)Nc1c(C)cc2c(c1C)CCCCN2Cc1ccc(Cl)s1. The van der Waals surface area contributed by atoms with Crippen molar-refractivity contribution in [3.05, 3.63) is 56.4 Å². The minimum absolute atomic E-state index is 0.233. The van der Waals surface area contributed by atoms with Crippen LogP contribution in [0.1, 0.15) is 61.6 Å². The quantitative estimate of drug-likeness (QED) is 0.536. The van der Waals surface area contributed by atoms with Crippen LogP contribution in [0.5, 0.6) is 0 Å². The third kappa shape index (κ3) is 5.12. The fraction of sp³-hybridized carbons (Fsp3) is 0.500. The first-order valence-electron chi connectivity index (χ1n) is 10.2. The summed E-state index contributed by atoms with van der Waals surface area (Å²) in [5.41, 5.74) is 8.12. The van der Waals surface area contributed by atoms with Gasteiger partial charge in [-0.15, -0.1) is 11.3 Å². The van der Waals surface area contributed by atoms with Gasteiger partial charge in [0.2, 0.25) is 0 Å². The zero-order valence-electron chi connectivity index (χ0n) is 17.9. The predicted octanol–water partition coefficient (Wildman–Crippen LogP) is 7.72.